The molecule has 0 aromatic heterocycles. The molecule has 7 atom stereocenters. The van der Waals surface area contributed by atoms with Gasteiger partial charge in [0.1, 0.15) is 24.4 Å². The summed E-state index contributed by atoms with van der Waals surface area (Å²) < 4.78 is 11.3. The molecule has 1 heterocycles. The molecule has 1 saturated heterocycles. The number of unbranched alkanes of at least 4 members (excludes halogenated alkanes) is 28. The van der Waals surface area contributed by atoms with Crippen molar-refractivity contribution in [2.45, 2.75) is 320 Å². The van der Waals surface area contributed by atoms with E-state index in [9.17, 15) is 30.3 Å². The number of carbonyl (C=O) groups is 1. The van der Waals surface area contributed by atoms with E-state index in [2.05, 4.69) is 141 Å². The first-order chi connectivity index (χ1) is 41.3. The third-order valence-electron chi connectivity index (χ3n) is 15.5. The molecule has 9 heteroatoms. The Labute approximate surface area is 515 Å². The zero-order valence-electron chi connectivity index (χ0n) is 53.6. The van der Waals surface area contributed by atoms with E-state index in [0.29, 0.717) is 6.42 Å². The van der Waals surface area contributed by atoms with Gasteiger partial charge in [-0.3, -0.25) is 4.79 Å². The van der Waals surface area contributed by atoms with Crippen LogP contribution in [0.25, 0.3) is 0 Å². The minimum absolute atomic E-state index is 0.188. The molecule has 84 heavy (non-hydrogen) atoms. The molecule has 1 aliphatic heterocycles. The predicted octanol–water partition coefficient (Wildman–Crippen LogP) is 18.8. The van der Waals surface area contributed by atoms with Gasteiger partial charge in [0.15, 0.2) is 6.29 Å². The molecule has 0 aromatic rings. The summed E-state index contributed by atoms with van der Waals surface area (Å²) in [5, 5.41) is 54.7. The van der Waals surface area contributed by atoms with E-state index in [1.165, 1.54) is 141 Å². The summed E-state index contributed by atoms with van der Waals surface area (Å²) in [7, 11) is 0. The lowest BCUT2D eigenvalue weighted by molar-refractivity contribution is -0.302. The van der Waals surface area contributed by atoms with Gasteiger partial charge in [0.2, 0.25) is 5.91 Å². The normalized spacial score (nSPS) is 19.1. The van der Waals surface area contributed by atoms with Gasteiger partial charge in [0, 0.05) is 6.42 Å². The second kappa shape index (κ2) is 62.4. The first kappa shape index (κ1) is 78.3. The third-order valence-corrected chi connectivity index (χ3v) is 15.5. The molecule has 6 N–H and O–H groups in total. The lowest BCUT2D eigenvalue weighted by Gasteiger charge is -2.40. The van der Waals surface area contributed by atoms with Crippen LogP contribution in [0.1, 0.15) is 277 Å². The zero-order valence-corrected chi connectivity index (χ0v) is 53.6. The highest BCUT2D eigenvalue weighted by Gasteiger charge is 2.44. The fraction of sp³-hybridized carbons (Fsp3) is 0.693. The van der Waals surface area contributed by atoms with Gasteiger partial charge in [0.05, 0.1) is 25.4 Å². The average Bonchev–Trinajstić information content (AvgIpc) is 3.70. The van der Waals surface area contributed by atoms with E-state index in [0.717, 1.165) is 116 Å². The van der Waals surface area contributed by atoms with E-state index in [1.54, 1.807) is 6.08 Å². The maximum atomic E-state index is 13.1. The van der Waals surface area contributed by atoms with E-state index >= 15 is 0 Å². The molecule has 1 fully saturated rings. The molecule has 9 nitrogen and oxygen atoms in total. The Bertz CT molecular complexity index is 1790. The number of carbonyl (C=O) groups excluding carboxylic acids is 1. The van der Waals surface area contributed by atoms with Crippen molar-refractivity contribution in [3.05, 3.63) is 134 Å². The highest BCUT2D eigenvalue weighted by atomic mass is 16.7. The number of nitrogens with one attached hydrogen (secondary N) is 1. The zero-order chi connectivity index (χ0) is 60.7. The number of ether oxygens (including phenoxy) is 2. The van der Waals surface area contributed by atoms with Crippen LogP contribution < -0.4 is 5.32 Å². The number of amides is 1. The Hall–Kier alpha value is -3.67. The first-order valence-electron chi connectivity index (χ1n) is 34.4. The quantitative estimate of drug-likeness (QED) is 0.0261. The Morgan fingerprint density at radius 1 is 0.417 bits per heavy atom. The minimum Gasteiger partial charge on any atom is -0.394 e. The van der Waals surface area contributed by atoms with E-state index < -0.39 is 49.5 Å². The van der Waals surface area contributed by atoms with E-state index in [1.807, 2.05) is 6.08 Å². The second-order valence-corrected chi connectivity index (χ2v) is 23.2. The molecule has 480 valence electrons. The van der Waals surface area contributed by atoms with E-state index in [-0.39, 0.29) is 12.5 Å². The van der Waals surface area contributed by atoms with Crippen molar-refractivity contribution in [1.29, 1.82) is 0 Å². The van der Waals surface area contributed by atoms with Gasteiger partial charge < -0.3 is 40.3 Å². The lowest BCUT2D eigenvalue weighted by Crippen LogP contribution is -2.60. The highest BCUT2D eigenvalue weighted by Crippen LogP contribution is 2.23. The molecule has 0 aromatic carbocycles. The van der Waals surface area contributed by atoms with Gasteiger partial charge in [-0.25, -0.2) is 0 Å². The molecule has 7 unspecified atom stereocenters. The summed E-state index contributed by atoms with van der Waals surface area (Å²) in [5.41, 5.74) is 0. The van der Waals surface area contributed by atoms with Crippen molar-refractivity contribution in [1.82, 2.24) is 5.32 Å². The Morgan fingerprint density at radius 2 is 0.738 bits per heavy atom. The number of hydrogen-bond donors (Lipinski definition) is 6. The summed E-state index contributed by atoms with van der Waals surface area (Å²) in [4.78, 5) is 13.1. The maximum absolute atomic E-state index is 13.1. The minimum atomic E-state index is -1.58. The summed E-state index contributed by atoms with van der Waals surface area (Å²) in [6.07, 6.45) is 88.2. The summed E-state index contributed by atoms with van der Waals surface area (Å²) in [6.45, 7) is 3.68. The fourth-order valence-electron chi connectivity index (χ4n) is 10.1. The molecule has 1 amide bonds. The number of aliphatic hydroxyl groups is 5. The summed E-state index contributed by atoms with van der Waals surface area (Å²) in [5.74, 6) is -0.188. The van der Waals surface area contributed by atoms with Gasteiger partial charge >= 0.3 is 0 Å². The third kappa shape index (κ3) is 50.5. The predicted molar refractivity (Wildman–Crippen MR) is 359 cm³/mol. The molecule has 1 aliphatic rings. The van der Waals surface area contributed by atoms with Crippen LogP contribution in [0.5, 0.6) is 0 Å². The van der Waals surface area contributed by atoms with Crippen LogP contribution in [0.15, 0.2) is 134 Å². The number of aliphatic hydroxyl groups excluding tert-OH is 5. The average molecular weight is 1170 g/mol. The maximum Gasteiger partial charge on any atom is 0.220 e. The first-order valence-corrected chi connectivity index (χ1v) is 34.4. The van der Waals surface area contributed by atoms with Crippen LogP contribution >= 0.6 is 0 Å². The summed E-state index contributed by atoms with van der Waals surface area (Å²) in [6, 6.07) is -0.820. The van der Waals surface area contributed by atoms with Crippen LogP contribution in [-0.4, -0.2) is 87.5 Å². The van der Waals surface area contributed by atoms with Crippen molar-refractivity contribution in [2.75, 3.05) is 13.2 Å². The van der Waals surface area contributed by atoms with Crippen molar-refractivity contribution < 1.29 is 39.8 Å². The van der Waals surface area contributed by atoms with Crippen molar-refractivity contribution >= 4 is 5.91 Å². The molecular weight excluding hydrogens is 1040 g/mol. The topological polar surface area (TPSA) is 149 Å². The number of hydrogen-bond acceptors (Lipinski definition) is 8. The van der Waals surface area contributed by atoms with Gasteiger partial charge in [0.25, 0.3) is 0 Å². The van der Waals surface area contributed by atoms with Gasteiger partial charge in [-0.15, -0.1) is 0 Å². The largest absolute Gasteiger partial charge is 0.394 e. The Kier molecular flexibility index (Phi) is 58.2. The Morgan fingerprint density at radius 3 is 1.10 bits per heavy atom. The van der Waals surface area contributed by atoms with Crippen LogP contribution in [-0.2, 0) is 14.3 Å². The number of allylic oxidation sites excluding steroid dienone is 21. The van der Waals surface area contributed by atoms with Crippen molar-refractivity contribution in [3.63, 3.8) is 0 Å². The number of rotatable bonds is 58. The molecule has 0 bridgehead atoms. The monoisotopic (exact) mass is 1170 g/mol. The molecule has 0 spiro atoms. The van der Waals surface area contributed by atoms with Crippen LogP contribution in [0, 0.1) is 0 Å². The smallest absolute Gasteiger partial charge is 0.220 e. The second-order valence-electron chi connectivity index (χ2n) is 23.2. The van der Waals surface area contributed by atoms with Gasteiger partial charge in [-0.2, -0.15) is 0 Å². The van der Waals surface area contributed by atoms with Gasteiger partial charge in [-0.05, 0) is 96.3 Å². The van der Waals surface area contributed by atoms with Crippen molar-refractivity contribution in [3.8, 4) is 0 Å². The SMILES string of the molecule is CC/C=C\C/C=C\C/C=C\C/C=C\C/C=C\C/C=C\C/C=C\C/C=C\C/C=C\C/C=C\CCCCCCCCCCC(=O)NC(COC1OC(CO)C(O)C(O)C1O)C(O)/C=C/CCCCCCCCCCCCCCCCCCCCCC. The summed E-state index contributed by atoms with van der Waals surface area (Å²) >= 11 is 0. The molecular formula is C75H127NO8. The van der Waals surface area contributed by atoms with Gasteiger partial charge in [-0.1, -0.05) is 308 Å². The lowest BCUT2D eigenvalue weighted by atomic mass is 9.99. The molecule has 1 rings (SSSR count). The van der Waals surface area contributed by atoms with Crippen LogP contribution in [0.2, 0.25) is 0 Å². The molecule has 0 radical (unpaired) electrons. The van der Waals surface area contributed by atoms with E-state index in [4.69, 9.17) is 9.47 Å². The molecule has 0 aliphatic carbocycles. The van der Waals surface area contributed by atoms with Crippen LogP contribution in [0.4, 0.5) is 0 Å². The standard InChI is InChI=1S/C75H127NO8/c1-3-5-7-9-11-13-15-17-19-21-23-25-27-28-29-30-31-32-33-34-35-36-37-38-39-40-41-42-43-45-47-49-51-53-55-57-59-61-63-65-71(79)76-68(67-83-75-74(82)73(81)72(80)70(66-77)84-75)69(78)64-62-60-58-56-54-52-50-48-46-44-26-24-22-20-18-16-14-12-10-8-6-4-2/h5,7,11,13,17,19,23,25,28-29,31-32,34-35,37-38,40-41,43,45,62,64,68-70,72-75,77-78,80-82H,3-4,6,8-10,12,14-16,18,20-22,24,26-27,30,33,36,39,42,44,46-61,63,65-67H2,1-2H3,(H,76,79)/b7-5-,13-11-,19-17-,25-23-,29-28-,32-31-,35-34-,38-37-,41-40-,45-43-,64-62+. The molecule has 0 saturated carbocycles. The van der Waals surface area contributed by atoms with Crippen LogP contribution in [0.3, 0.4) is 0 Å². The Balaban J connectivity index is 2.17. The highest BCUT2D eigenvalue weighted by molar-refractivity contribution is 5.76. The fourth-order valence-corrected chi connectivity index (χ4v) is 10.1. The van der Waals surface area contributed by atoms with Crippen molar-refractivity contribution in [2.24, 2.45) is 0 Å².